The third kappa shape index (κ3) is 5.90. The Morgan fingerprint density at radius 3 is 2.03 bits per heavy atom. The number of fused-ring (bicyclic) bond motifs is 3. The molecule has 0 heterocycles. The van der Waals surface area contributed by atoms with Crippen molar-refractivity contribution in [1.82, 2.24) is 10.6 Å². The van der Waals surface area contributed by atoms with Crippen LogP contribution in [0, 0.1) is 5.92 Å². The van der Waals surface area contributed by atoms with Crippen molar-refractivity contribution in [2.45, 2.75) is 38.3 Å². The van der Waals surface area contributed by atoms with Crippen LogP contribution in [0.1, 0.15) is 37.3 Å². The summed E-state index contributed by atoms with van der Waals surface area (Å²) in [5, 5.41) is 14.3. The molecule has 1 aliphatic carbocycles. The number of carbonyl (C=O) groups is 3. The van der Waals surface area contributed by atoms with Crippen LogP contribution in [0.15, 0.2) is 48.5 Å². The molecule has 2 aromatic carbocycles. The molecule has 8 nitrogen and oxygen atoms in total. The van der Waals surface area contributed by atoms with Crippen molar-refractivity contribution in [1.29, 1.82) is 0 Å². The molecule has 0 saturated heterocycles. The zero-order valence-corrected chi connectivity index (χ0v) is 19.0. The zero-order chi connectivity index (χ0) is 24.0. The van der Waals surface area contributed by atoms with Gasteiger partial charge in [0.05, 0.1) is 6.61 Å². The topological polar surface area (TPSA) is 114 Å². The number of amides is 2. The molecule has 0 bridgehead atoms. The van der Waals surface area contributed by atoms with Gasteiger partial charge >= 0.3 is 12.1 Å². The Hall–Kier alpha value is -3.39. The molecule has 3 rings (SSSR count). The molecule has 8 heteroatoms. The Morgan fingerprint density at radius 1 is 0.939 bits per heavy atom. The van der Waals surface area contributed by atoms with Crippen LogP contribution in [0.2, 0.25) is 0 Å². The van der Waals surface area contributed by atoms with Gasteiger partial charge in [0.25, 0.3) is 0 Å². The van der Waals surface area contributed by atoms with Crippen LogP contribution in [0.3, 0.4) is 0 Å². The third-order valence-corrected chi connectivity index (χ3v) is 5.61. The number of hydrogen-bond acceptors (Lipinski definition) is 5. The van der Waals surface area contributed by atoms with Crippen molar-refractivity contribution < 1.29 is 29.0 Å². The number of carboxylic acid groups (broad SMARTS) is 1. The summed E-state index contributed by atoms with van der Waals surface area (Å²) in [4.78, 5) is 36.6. The van der Waals surface area contributed by atoms with E-state index < -0.39 is 30.1 Å². The Morgan fingerprint density at radius 2 is 1.52 bits per heavy atom. The fourth-order valence-electron chi connectivity index (χ4n) is 4.10. The lowest BCUT2D eigenvalue weighted by molar-refractivity contribution is -0.143. The molecular formula is C25H30N2O6. The van der Waals surface area contributed by atoms with E-state index in [1.165, 1.54) is 7.11 Å². The van der Waals surface area contributed by atoms with E-state index in [4.69, 9.17) is 9.47 Å². The van der Waals surface area contributed by atoms with Gasteiger partial charge in [-0.25, -0.2) is 9.59 Å². The quantitative estimate of drug-likeness (QED) is 0.508. The summed E-state index contributed by atoms with van der Waals surface area (Å²) in [7, 11) is 1.35. The summed E-state index contributed by atoms with van der Waals surface area (Å²) in [5.41, 5.74) is 4.42. The smallest absolute Gasteiger partial charge is 0.407 e. The van der Waals surface area contributed by atoms with Crippen LogP contribution >= 0.6 is 0 Å². The van der Waals surface area contributed by atoms with Crippen molar-refractivity contribution >= 4 is 18.0 Å². The number of carbonyl (C=O) groups excluding carboxylic acids is 2. The molecule has 2 atom stereocenters. The molecule has 0 fully saturated rings. The second-order valence-electron chi connectivity index (χ2n) is 8.51. The lowest BCUT2D eigenvalue weighted by Gasteiger charge is -2.23. The standard InChI is InChI=1S/C25H30N2O6/c1-15(2)12-21(23(28)26-22(14-32-3)24(29)30)27-25(31)33-13-20-18-10-6-4-8-16(18)17-9-5-7-11-19(17)20/h4-11,15,20-22H,12-14H2,1-3H3,(H,26,28)(H,27,31)(H,29,30)/t21?,22-/m0/s1. The first-order chi connectivity index (χ1) is 15.8. The second-order valence-corrected chi connectivity index (χ2v) is 8.51. The molecule has 0 aliphatic heterocycles. The Bertz CT molecular complexity index is 960. The van der Waals surface area contributed by atoms with E-state index in [9.17, 15) is 19.5 Å². The maximum atomic E-state index is 12.7. The molecule has 33 heavy (non-hydrogen) atoms. The monoisotopic (exact) mass is 454 g/mol. The molecule has 1 unspecified atom stereocenters. The first-order valence-electron chi connectivity index (χ1n) is 11.0. The molecule has 3 N–H and O–H groups in total. The van der Waals surface area contributed by atoms with Gasteiger partial charge in [-0.15, -0.1) is 0 Å². The average molecular weight is 455 g/mol. The number of hydrogen-bond donors (Lipinski definition) is 3. The van der Waals surface area contributed by atoms with Gasteiger partial charge in [-0.1, -0.05) is 62.4 Å². The normalized spacial score (nSPS) is 14.2. The lowest BCUT2D eigenvalue weighted by atomic mass is 9.98. The predicted octanol–water partition coefficient (Wildman–Crippen LogP) is 3.16. The average Bonchev–Trinajstić information content (AvgIpc) is 3.10. The van der Waals surface area contributed by atoms with Crippen molar-refractivity contribution in [2.75, 3.05) is 20.3 Å². The maximum Gasteiger partial charge on any atom is 0.407 e. The number of benzene rings is 2. The highest BCUT2D eigenvalue weighted by Gasteiger charge is 2.31. The lowest BCUT2D eigenvalue weighted by Crippen LogP contribution is -2.53. The SMILES string of the molecule is COC[C@H](NC(=O)C(CC(C)C)NC(=O)OCC1c2ccccc2-c2ccccc21)C(=O)O. The molecule has 2 amide bonds. The van der Waals surface area contributed by atoms with E-state index in [1.807, 2.05) is 50.2 Å². The van der Waals surface area contributed by atoms with E-state index in [-0.39, 0.29) is 25.0 Å². The van der Waals surface area contributed by atoms with Crippen LogP contribution in [-0.4, -0.2) is 55.5 Å². The van der Waals surface area contributed by atoms with E-state index >= 15 is 0 Å². The first-order valence-corrected chi connectivity index (χ1v) is 11.0. The molecule has 2 aromatic rings. The van der Waals surface area contributed by atoms with Gasteiger partial charge in [-0.2, -0.15) is 0 Å². The summed E-state index contributed by atoms with van der Waals surface area (Å²) < 4.78 is 10.4. The van der Waals surface area contributed by atoms with Crippen LogP contribution < -0.4 is 10.6 Å². The zero-order valence-electron chi connectivity index (χ0n) is 19.0. The fourth-order valence-corrected chi connectivity index (χ4v) is 4.10. The van der Waals surface area contributed by atoms with E-state index in [2.05, 4.69) is 22.8 Å². The Balaban J connectivity index is 1.66. The molecule has 0 radical (unpaired) electrons. The van der Waals surface area contributed by atoms with Crippen molar-refractivity contribution in [3.8, 4) is 11.1 Å². The van der Waals surface area contributed by atoms with Crippen LogP contribution in [0.25, 0.3) is 11.1 Å². The second kappa shape index (κ2) is 11.0. The number of methoxy groups -OCH3 is 1. The number of alkyl carbamates (subject to hydrolysis) is 1. The van der Waals surface area contributed by atoms with Gasteiger partial charge in [0.1, 0.15) is 12.6 Å². The molecule has 0 spiro atoms. The number of carboxylic acids is 1. The summed E-state index contributed by atoms with van der Waals surface area (Å²) in [6.07, 6.45) is -0.397. The van der Waals surface area contributed by atoms with Crippen molar-refractivity contribution in [3.63, 3.8) is 0 Å². The summed E-state index contributed by atoms with van der Waals surface area (Å²) in [6.45, 7) is 3.75. The van der Waals surface area contributed by atoms with Crippen LogP contribution in [-0.2, 0) is 19.1 Å². The van der Waals surface area contributed by atoms with E-state index in [1.54, 1.807) is 0 Å². The highest BCUT2D eigenvalue weighted by molar-refractivity contribution is 5.89. The van der Waals surface area contributed by atoms with E-state index in [0.29, 0.717) is 6.42 Å². The predicted molar refractivity (Wildman–Crippen MR) is 123 cm³/mol. The minimum atomic E-state index is -1.21. The minimum Gasteiger partial charge on any atom is -0.480 e. The molecule has 0 saturated carbocycles. The van der Waals surface area contributed by atoms with Gasteiger partial charge in [0, 0.05) is 13.0 Å². The largest absolute Gasteiger partial charge is 0.480 e. The fraction of sp³-hybridized carbons (Fsp3) is 0.400. The first kappa shape index (κ1) is 24.3. The summed E-state index contributed by atoms with van der Waals surface area (Å²) in [5.74, 6) is -1.82. The van der Waals surface area contributed by atoms with Gasteiger partial charge in [-0.05, 0) is 34.6 Å². The van der Waals surface area contributed by atoms with Gasteiger partial charge in [-0.3, -0.25) is 4.79 Å². The number of nitrogens with one attached hydrogen (secondary N) is 2. The number of aliphatic carboxylic acids is 1. The minimum absolute atomic E-state index is 0.0836. The molecule has 1 aliphatic rings. The highest BCUT2D eigenvalue weighted by Crippen LogP contribution is 2.44. The van der Waals surface area contributed by atoms with Gasteiger partial charge < -0.3 is 25.2 Å². The van der Waals surface area contributed by atoms with Crippen LogP contribution in [0.4, 0.5) is 4.79 Å². The van der Waals surface area contributed by atoms with E-state index in [0.717, 1.165) is 22.3 Å². The number of rotatable bonds is 10. The highest BCUT2D eigenvalue weighted by atomic mass is 16.5. The Kier molecular flexibility index (Phi) is 8.06. The van der Waals surface area contributed by atoms with Gasteiger partial charge in [0.2, 0.25) is 5.91 Å². The van der Waals surface area contributed by atoms with Crippen molar-refractivity contribution in [2.24, 2.45) is 5.92 Å². The number of ether oxygens (including phenoxy) is 2. The molecule has 176 valence electrons. The third-order valence-electron chi connectivity index (χ3n) is 5.61. The molecular weight excluding hydrogens is 424 g/mol. The summed E-state index contributed by atoms with van der Waals surface area (Å²) in [6, 6.07) is 13.9. The Labute approximate surface area is 193 Å². The maximum absolute atomic E-state index is 12.7. The van der Waals surface area contributed by atoms with Crippen molar-refractivity contribution in [3.05, 3.63) is 59.7 Å². The van der Waals surface area contributed by atoms with Crippen LogP contribution in [0.5, 0.6) is 0 Å². The molecule has 0 aromatic heterocycles. The summed E-state index contributed by atoms with van der Waals surface area (Å²) >= 11 is 0. The van der Waals surface area contributed by atoms with Gasteiger partial charge in [0.15, 0.2) is 6.04 Å².